The molecule has 1 atom stereocenters. The Labute approximate surface area is 139 Å². The van der Waals surface area contributed by atoms with Crippen molar-refractivity contribution in [1.82, 2.24) is 14.9 Å². The van der Waals surface area contributed by atoms with Crippen molar-refractivity contribution in [2.75, 3.05) is 31.1 Å². The van der Waals surface area contributed by atoms with Crippen LogP contribution in [-0.4, -0.2) is 47.0 Å². The highest BCUT2D eigenvalue weighted by Crippen LogP contribution is 2.39. The molecule has 2 fully saturated rings. The van der Waals surface area contributed by atoms with Crippen LogP contribution in [0.2, 0.25) is 0 Å². The van der Waals surface area contributed by atoms with Crippen LogP contribution in [-0.2, 0) is 4.79 Å². The highest BCUT2D eigenvalue weighted by molar-refractivity contribution is 5.77. The highest BCUT2D eigenvalue weighted by Gasteiger charge is 2.42. The maximum absolute atomic E-state index is 12.3. The molecular formula is C18H28N4O. The first kappa shape index (κ1) is 16.2. The van der Waals surface area contributed by atoms with Gasteiger partial charge in [0.05, 0.1) is 0 Å². The van der Waals surface area contributed by atoms with Crippen molar-refractivity contribution in [1.29, 1.82) is 0 Å². The summed E-state index contributed by atoms with van der Waals surface area (Å²) in [7, 11) is 0. The fraction of sp³-hybridized carbons (Fsp3) is 0.722. The van der Waals surface area contributed by atoms with Crippen LogP contribution in [0.5, 0.6) is 0 Å². The van der Waals surface area contributed by atoms with Crippen molar-refractivity contribution in [2.24, 2.45) is 11.3 Å². The van der Waals surface area contributed by atoms with Gasteiger partial charge in [-0.25, -0.2) is 9.97 Å². The molecule has 1 unspecified atom stereocenters. The zero-order valence-electron chi connectivity index (χ0n) is 14.4. The number of amides is 1. The van der Waals surface area contributed by atoms with Crippen LogP contribution in [0.4, 0.5) is 5.95 Å². The van der Waals surface area contributed by atoms with Crippen LogP contribution in [0.1, 0.15) is 46.0 Å². The van der Waals surface area contributed by atoms with Crippen molar-refractivity contribution < 1.29 is 4.79 Å². The summed E-state index contributed by atoms with van der Waals surface area (Å²) in [5, 5.41) is 0. The molecule has 1 aromatic rings. The van der Waals surface area contributed by atoms with Gasteiger partial charge in [0, 0.05) is 50.4 Å². The number of aromatic nitrogens is 2. The van der Waals surface area contributed by atoms with Crippen LogP contribution in [0.3, 0.4) is 0 Å². The monoisotopic (exact) mass is 316 g/mol. The molecule has 23 heavy (non-hydrogen) atoms. The summed E-state index contributed by atoms with van der Waals surface area (Å²) >= 11 is 0. The summed E-state index contributed by atoms with van der Waals surface area (Å²) in [6.07, 6.45) is 8.78. The Morgan fingerprint density at radius 2 is 2.00 bits per heavy atom. The molecule has 2 saturated heterocycles. The maximum Gasteiger partial charge on any atom is 0.225 e. The second kappa shape index (κ2) is 6.85. The molecule has 1 amide bonds. The Bertz CT molecular complexity index is 533. The van der Waals surface area contributed by atoms with Gasteiger partial charge in [-0.2, -0.15) is 0 Å². The summed E-state index contributed by atoms with van der Waals surface area (Å²) in [5.74, 6) is 1.81. The minimum atomic E-state index is 0.225. The molecule has 0 aromatic carbocycles. The number of rotatable bonds is 4. The normalized spacial score (nSPS) is 25.4. The lowest BCUT2D eigenvalue weighted by atomic mass is 9.73. The van der Waals surface area contributed by atoms with E-state index in [1.807, 2.05) is 18.5 Å². The molecule has 2 aliphatic heterocycles. The molecular weight excluding hydrogens is 288 g/mol. The average Bonchev–Trinajstić information content (AvgIpc) is 2.57. The van der Waals surface area contributed by atoms with Crippen LogP contribution < -0.4 is 4.90 Å². The topological polar surface area (TPSA) is 49.3 Å². The van der Waals surface area contributed by atoms with E-state index in [-0.39, 0.29) is 5.41 Å². The minimum Gasteiger partial charge on any atom is -0.342 e. The number of piperidine rings is 2. The largest absolute Gasteiger partial charge is 0.342 e. The predicted octanol–water partition coefficient (Wildman–Crippen LogP) is 2.73. The third kappa shape index (κ3) is 3.82. The SMILES string of the molecule is CC(C)CCN1CC2(CCCN(c3ncccn3)C2)CCC1=O. The van der Waals surface area contributed by atoms with E-state index in [2.05, 4.69) is 33.6 Å². The van der Waals surface area contributed by atoms with E-state index in [1.165, 1.54) is 6.42 Å². The first-order chi connectivity index (χ1) is 11.1. The first-order valence-corrected chi connectivity index (χ1v) is 8.88. The summed E-state index contributed by atoms with van der Waals surface area (Å²) in [6, 6.07) is 1.86. The molecule has 1 spiro atoms. The number of carbonyl (C=O) groups is 1. The molecule has 0 N–H and O–H groups in total. The van der Waals surface area contributed by atoms with Gasteiger partial charge in [0.15, 0.2) is 0 Å². The minimum absolute atomic E-state index is 0.225. The molecule has 5 heteroatoms. The third-order valence-electron chi connectivity index (χ3n) is 5.22. The molecule has 126 valence electrons. The molecule has 3 rings (SSSR count). The summed E-state index contributed by atoms with van der Waals surface area (Å²) in [6.45, 7) is 8.24. The molecule has 2 aliphatic rings. The van der Waals surface area contributed by atoms with Crippen molar-refractivity contribution in [3.63, 3.8) is 0 Å². The predicted molar refractivity (Wildman–Crippen MR) is 91.2 cm³/mol. The smallest absolute Gasteiger partial charge is 0.225 e. The second-order valence-corrected chi connectivity index (χ2v) is 7.57. The maximum atomic E-state index is 12.3. The summed E-state index contributed by atoms with van der Waals surface area (Å²) in [5.41, 5.74) is 0.225. The van der Waals surface area contributed by atoms with E-state index in [1.54, 1.807) is 0 Å². The molecule has 1 aromatic heterocycles. The van der Waals surface area contributed by atoms with Crippen LogP contribution in [0, 0.1) is 11.3 Å². The Morgan fingerprint density at radius 3 is 2.74 bits per heavy atom. The molecule has 3 heterocycles. The summed E-state index contributed by atoms with van der Waals surface area (Å²) in [4.78, 5) is 25.5. The van der Waals surface area contributed by atoms with Gasteiger partial charge in [-0.15, -0.1) is 0 Å². The molecule has 5 nitrogen and oxygen atoms in total. The molecule has 0 saturated carbocycles. The molecule has 0 bridgehead atoms. The van der Waals surface area contributed by atoms with Gasteiger partial charge in [-0.1, -0.05) is 13.8 Å². The Hall–Kier alpha value is -1.65. The standard InChI is InChI=1S/C18H28N4O/c1-15(2)6-12-21-13-18(8-5-16(21)23)7-3-11-22(14-18)17-19-9-4-10-20-17/h4,9-10,15H,3,5-8,11-14H2,1-2H3. The van der Waals surface area contributed by atoms with E-state index in [9.17, 15) is 4.79 Å². The van der Waals surface area contributed by atoms with E-state index in [0.717, 1.165) is 51.4 Å². The summed E-state index contributed by atoms with van der Waals surface area (Å²) < 4.78 is 0. The number of hydrogen-bond acceptors (Lipinski definition) is 4. The van der Waals surface area contributed by atoms with Gasteiger partial charge >= 0.3 is 0 Å². The van der Waals surface area contributed by atoms with Crippen molar-refractivity contribution in [3.8, 4) is 0 Å². The zero-order chi connectivity index (χ0) is 16.3. The quantitative estimate of drug-likeness (QED) is 0.857. The van der Waals surface area contributed by atoms with Gasteiger partial charge in [0.2, 0.25) is 11.9 Å². The average molecular weight is 316 g/mol. The first-order valence-electron chi connectivity index (χ1n) is 8.88. The highest BCUT2D eigenvalue weighted by atomic mass is 16.2. The van der Waals surface area contributed by atoms with Gasteiger partial charge in [0.1, 0.15) is 0 Å². The fourth-order valence-electron chi connectivity index (χ4n) is 3.89. The van der Waals surface area contributed by atoms with E-state index < -0.39 is 0 Å². The van der Waals surface area contributed by atoms with Gasteiger partial charge in [-0.05, 0) is 37.7 Å². The Kier molecular flexibility index (Phi) is 4.83. The van der Waals surface area contributed by atoms with E-state index >= 15 is 0 Å². The Morgan fingerprint density at radius 1 is 1.22 bits per heavy atom. The van der Waals surface area contributed by atoms with Gasteiger partial charge in [0.25, 0.3) is 0 Å². The van der Waals surface area contributed by atoms with Crippen LogP contribution in [0.25, 0.3) is 0 Å². The number of nitrogens with zero attached hydrogens (tertiary/aromatic N) is 4. The van der Waals surface area contributed by atoms with Crippen molar-refractivity contribution in [3.05, 3.63) is 18.5 Å². The van der Waals surface area contributed by atoms with E-state index in [0.29, 0.717) is 18.2 Å². The van der Waals surface area contributed by atoms with E-state index in [4.69, 9.17) is 0 Å². The van der Waals surface area contributed by atoms with Crippen LogP contribution in [0.15, 0.2) is 18.5 Å². The second-order valence-electron chi connectivity index (χ2n) is 7.57. The third-order valence-corrected chi connectivity index (χ3v) is 5.22. The lowest BCUT2D eigenvalue weighted by Crippen LogP contribution is -2.54. The number of anilines is 1. The fourth-order valence-corrected chi connectivity index (χ4v) is 3.89. The number of hydrogen-bond donors (Lipinski definition) is 0. The van der Waals surface area contributed by atoms with Crippen molar-refractivity contribution in [2.45, 2.75) is 46.0 Å². The molecule has 0 radical (unpaired) electrons. The molecule has 0 aliphatic carbocycles. The van der Waals surface area contributed by atoms with Gasteiger partial charge in [-0.3, -0.25) is 4.79 Å². The lowest BCUT2D eigenvalue weighted by Gasteiger charge is -2.48. The number of carbonyl (C=O) groups excluding carboxylic acids is 1. The van der Waals surface area contributed by atoms with Gasteiger partial charge < -0.3 is 9.80 Å². The Balaban J connectivity index is 1.69. The lowest BCUT2D eigenvalue weighted by molar-refractivity contribution is -0.138. The number of likely N-dealkylation sites (tertiary alicyclic amines) is 1. The van der Waals surface area contributed by atoms with Crippen molar-refractivity contribution >= 4 is 11.9 Å². The van der Waals surface area contributed by atoms with Crippen LogP contribution >= 0.6 is 0 Å². The zero-order valence-corrected chi connectivity index (χ0v) is 14.4.